The van der Waals surface area contributed by atoms with E-state index >= 15 is 0 Å². The zero-order valence-electron chi connectivity index (χ0n) is 16.6. The minimum atomic E-state index is -0.147. The minimum absolute atomic E-state index is 0.141. The van der Waals surface area contributed by atoms with Gasteiger partial charge in [-0.05, 0) is 61.0 Å². The largest absolute Gasteiger partial charge is 0.495 e. The summed E-state index contributed by atoms with van der Waals surface area (Å²) in [6, 6.07) is 19.9. The van der Waals surface area contributed by atoms with Crippen molar-refractivity contribution in [1.82, 2.24) is 0 Å². The summed E-state index contributed by atoms with van der Waals surface area (Å²) in [7, 11) is 1.54. The molecular formula is C23H21ClN2O3S. The second kappa shape index (κ2) is 10.2. The number of hydrogen-bond donors (Lipinski definition) is 2. The van der Waals surface area contributed by atoms with E-state index in [2.05, 4.69) is 10.6 Å². The molecule has 30 heavy (non-hydrogen) atoms. The summed E-state index contributed by atoms with van der Waals surface area (Å²) >= 11 is 7.48. The maximum absolute atomic E-state index is 12.4. The lowest BCUT2D eigenvalue weighted by Gasteiger charge is -2.09. The van der Waals surface area contributed by atoms with Crippen molar-refractivity contribution in [3.8, 4) is 5.75 Å². The van der Waals surface area contributed by atoms with Crippen molar-refractivity contribution in [3.05, 3.63) is 82.9 Å². The van der Waals surface area contributed by atoms with Gasteiger partial charge >= 0.3 is 0 Å². The molecule has 0 aliphatic heterocycles. The van der Waals surface area contributed by atoms with Crippen LogP contribution in [-0.4, -0.2) is 24.7 Å². The fourth-order valence-electron chi connectivity index (χ4n) is 2.75. The molecule has 3 rings (SSSR count). The predicted octanol–water partition coefficient (Wildman–Crippen LogP) is 5.64. The fourth-order valence-corrected chi connectivity index (χ4v) is 3.71. The zero-order valence-corrected chi connectivity index (χ0v) is 18.1. The topological polar surface area (TPSA) is 67.4 Å². The van der Waals surface area contributed by atoms with Crippen LogP contribution in [-0.2, 0) is 4.79 Å². The molecule has 0 unspecified atom stereocenters. The molecule has 0 saturated heterocycles. The zero-order chi connectivity index (χ0) is 21.5. The van der Waals surface area contributed by atoms with E-state index in [0.717, 1.165) is 10.5 Å². The van der Waals surface area contributed by atoms with E-state index in [1.54, 1.807) is 24.3 Å². The summed E-state index contributed by atoms with van der Waals surface area (Å²) in [5, 5.41) is 6.13. The molecule has 0 bridgehead atoms. The third kappa shape index (κ3) is 5.78. The Morgan fingerprint density at radius 2 is 1.67 bits per heavy atom. The maximum atomic E-state index is 12.4. The van der Waals surface area contributed by atoms with Crippen LogP contribution >= 0.6 is 23.4 Å². The highest BCUT2D eigenvalue weighted by Crippen LogP contribution is 2.27. The Hall–Kier alpha value is -2.96. The highest BCUT2D eigenvalue weighted by Gasteiger charge is 2.09. The first-order chi connectivity index (χ1) is 14.5. The summed E-state index contributed by atoms with van der Waals surface area (Å²) in [5.41, 5.74) is 2.88. The van der Waals surface area contributed by atoms with Crippen molar-refractivity contribution in [1.29, 1.82) is 0 Å². The van der Waals surface area contributed by atoms with Crippen LogP contribution < -0.4 is 15.4 Å². The van der Waals surface area contributed by atoms with E-state index in [1.807, 2.05) is 49.4 Å². The molecule has 0 aromatic heterocycles. The van der Waals surface area contributed by atoms with Gasteiger partial charge in [0, 0.05) is 21.8 Å². The second-order valence-electron chi connectivity index (χ2n) is 6.48. The minimum Gasteiger partial charge on any atom is -0.495 e. The highest BCUT2D eigenvalue weighted by atomic mass is 35.5. The van der Waals surface area contributed by atoms with Gasteiger partial charge < -0.3 is 15.4 Å². The molecule has 7 heteroatoms. The number of methoxy groups -OCH3 is 1. The van der Waals surface area contributed by atoms with Crippen LogP contribution in [0.3, 0.4) is 0 Å². The molecule has 0 fully saturated rings. The molecule has 154 valence electrons. The Labute approximate surface area is 184 Å². The van der Waals surface area contributed by atoms with E-state index in [-0.39, 0.29) is 17.6 Å². The van der Waals surface area contributed by atoms with Gasteiger partial charge in [0.1, 0.15) is 5.75 Å². The average molecular weight is 441 g/mol. The Kier molecular flexibility index (Phi) is 7.38. The number of carbonyl (C=O) groups is 2. The third-order valence-corrected chi connectivity index (χ3v) is 5.61. The summed E-state index contributed by atoms with van der Waals surface area (Å²) in [4.78, 5) is 25.5. The summed E-state index contributed by atoms with van der Waals surface area (Å²) in [6.07, 6.45) is 0. The van der Waals surface area contributed by atoms with E-state index in [4.69, 9.17) is 16.3 Å². The predicted molar refractivity (Wildman–Crippen MR) is 123 cm³/mol. The van der Waals surface area contributed by atoms with Gasteiger partial charge in [-0.2, -0.15) is 0 Å². The molecule has 0 aliphatic carbocycles. The molecular weight excluding hydrogens is 420 g/mol. The lowest BCUT2D eigenvalue weighted by atomic mass is 10.1. The van der Waals surface area contributed by atoms with E-state index in [1.165, 1.54) is 18.9 Å². The van der Waals surface area contributed by atoms with Crippen molar-refractivity contribution in [3.63, 3.8) is 0 Å². The van der Waals surface area contributed by atoms with Crippen molar-refractivity contribution < 1.29 is 14.3 Å². The van der Waals surface area contributed by atoms with Gasteiger partial charge in [0.25, 0.3) is 5.91 Å². The summed E-state index contributed by atoms with van der Waals surface area (Å²) < 4.78 is 5.10. The number of aryl methyl sites for hydroxylation is 1. The Balaban J connectivity index is 1.52. The van der Waals surface area contributed by atoms with Gasteiger partial charge in [-0.15, -0.1) is 11.8 Å². The maximum Gasteiger partial charge on any atom is 0.255 e. The van der Waals surface area contributed by atoms with Gasteiger partial charge in [-0.3, -0.25) is 9.59 Å². The monoisotopic (exact) mass is 440 g/mol. The number of thioether (sulfide) groups is 1. The smallest absolute Gasteiger partial charge is 0.255 e. The second-order valence-corrected chi connectivity index (χ2v) is 7.94. The van der Waals surface area contributed by atoms with Crippen molar-refractivity contribution >= 4 is 46.6 Å². The van der Waals surface area contributed by atoms with Gasteiger partial charge in [-0.25, -0.2) is 0 Å². The van der Waals surface area contributed by atoms with Gasteiger partial charge in [0.2, 0.25) is 5.91 Å². The van der Waals surface area contributed by atoms with E-state index in [9.17, 15) is 9.59 Å². The fraction of sp³-hybridized carbons (Fsp3) is 0.130. The molecule has 0 saturated carbocycles. The molecule has 0 aliphatic rings. The van der Waals surface area contributed by atoms with Crippen LogP contribution in [0.1, 0.15) is 15.9 Å². The number of rotatable bonds is 7. The third-order valence-electron chi connectivity index (χ3n) is 4.31. The number of carbonyl (C=O) groups excluding carboxylic acids is 2. The van der Waals surface area contributed by atoms with Crippen LogP contribution in [0.2, 0.25) is 5.02 Å². The number of benzene rings is 3. The summed E-state index contributed by atoms with van der Waals surface area (Å²) in [5.74, 6) is 0.515. The molecule has 3 aromatic carbocycles. The van der Waals surface area contributed by atoms with Gasteiger partial charge in [-0.1, -0.05) is 29.8 Å². The lowest BCUT2D eigenvalue weighted by molar-refractivity contribution is -0.113. The van der Waals surface area contributed by atoms with Crippen LogP contribution in [0.25, 0.3) is 0 Å². The first kappa shape index (κ1) is 21.7. The Morgan fingerprint density at radius 1 is 0.967 bits per heavy atom. The normalized spacial score (nSPS) is 10.4. The van der Waals surface area contributed by atoms with E-state index < -0.39 is 0 Å². The average Bonchev–Trinajstić information content (AvgIpc) is 2.73. The molecule has 2 amide bonds. The van der Waals surface area contributed by atoms with Crippen molar-refractivity contribution in [2.45, 2.75) is 11.8 Å². The van der Waals surface area contributed by atoms with Crippen molar-refractivity contribution in [2.24, 2.45) is 0 Å². The van der Waals surface area contributed by atoms with Crippen LogP contribution in [0.15, 0.2) is 71.6 Å². The number of halogens is 1. The molecule has 0 radical (unpaired) electrons. The number of amides is 2. The first-order valence-corrected chi connectivity index (χ1v) is 10.6. The molecule has 0 heterocycles. The number of hydrogen-bond acceptors (Lipinski definition) is 4. The number of nitrogens with one attached hydrogen (secondary N) is 2. The Morgan fingerprint density at radius 3 is 2.33 bits per heavy atom. The van der Waals surface area contributed by atoms with Gasteiger partial charge in [0.15, 0.2) is 0 Å². The quantitative estimate of drug-likeness (QED) is 0.466. The van der Waals surface area contributed by atoms with E-state index in [0.29, 0.717) is 27.7 Å². The van der Waals surface area contributed by atoms with Crippen LogP contribution in [0, 0.1) is 6.92 Å². The molecule has 0 atom stereocenters. The molecule has 5 nitrogen and oxygen atoms in total. The number of anilines is 2. The van der Waals surface area contributed by atoms with Crippen LogP contribution in [0.4, 0.5) is 11.4 Å². The Bertz CT molecular complexity index is 1050. The molecule has 0 spiro atoms. The van der Waals surface area contributed by atoms with Gasteiger partial charge in [0.05, 0.1) is 17.9 Å². The summed E-state index contributed by atoms with van der Waals surface area (Å²) in [6.45, 7) is 1.90. The van der Waals surface area contributed by atoms with Crippen LogP contribution in [0.5, 0.6) is 5.75 Å². The van der Waals surface area contributed by atoms with Crippen molar-refractivity contribution in [2.75, 3.05) is 23.5 Å². The standard InChI is InChI=1S/C23H21ClN2O3S/c1-15-5-3-4-6-19(15)23(28)26-16-7-10-18(11-8-16)30-14-22(27)25-17-9-12-21(29-2)20(24)13-17/h3-13H,14H2,1-2H3,(H,25,27)(H,26,28). The SMILES string of the molecule is COc1ccc(NC(=O)CSc2ccc(NC(=O)c3ccccc3C)cc2)cc1Cl. The lowest BCUT2D eigenvalue weighted by Crippen LogP contribution is -2.14. The molecule has 2 N–H and O–H groups in total. The highest BCUT2D eigenvalue weighted by molar-refractivity contribution is 8.00. The molecule has 3 aromatic rings. The first-order valence-electron chi connectivity index (χ1n) is 9.19. The number of ether oxygens (including phenoxy) is 1.